The number of pyridine rings is 1. The number of carboxylic acids is 1. The fourth-order valence-corrected chi connectivity index (χ4v) is 5.25. The molecule has 1 saturated heterocycles. The van der Waals surface area contributed by atoms with Crippen molar-refractivity contribution in [3.8, 4) is 5.75 Å². The van der Waals surface area contributed by atoms with Crippen molar-refractivity contribution < 1.29 is 23.8 Å². The number of ether oxygens (including phenoxy) is 1. The lowest BCUT2D eigenvalue weighted by molar-refractivity contribution is 0.0696. The third-order valence-corrected chi connectivity index (χ3v) is 7.57. The van der Waals surface area contributed by atoms with E-state index in [0.717, 1.165) is 49.1 Å². The maximum absolute atomic E-state index is 12.9. The van der Waals surface area contributed by atoms with Gasteiger partial charge in [-0.15, -0.1) is 0 Å². The molecule has 1 aliphatic heterocycles. The Balaban J connectivity index is 1.01. The minimum atomic E-state index is -0.963. The fraction of sp³-hybridized carbons (Fsp3) is 0.206. The summed E-state index contributed by atoms with van der Waals surface area (Å²) in [6.07, 6.45) is 4.37. The largest absolute Gasteiger partial charge is 0.493 e. The summed E-state index contributed by atoms with van der Waals surface area (Å²) in [6.45, 7) is 2.23. The first-order valence-corrected chi connectivity index (χ1v) is 14.0. The Morgan fingerprint density at radius 3 is 2.52 bits per heavy atom. The average molecular weight is 562 g/mol. The first kappa shape index (κ1) is 27.1. The van der Waals surface area contributed by atoms with E-state index in [-0.39, 0.29) is 17.2 Å². The van der Waals surface area contributed by atoms with Gasteiger partial charge >= 0.3 is 5.97 Å². The van der Waals surface area contributed by atoms with Gasteiger partial charge in [0.1, 0.15) is 17.2 Å². The van der Waals surface area contributed by atoms with Gasteiger partial charge in [-0.05, 0) is 84.8 Å². The summed E-state index contributed by atoms with van der Waals surface area (Å²) in [5, 5.41) is 12.9. The molecule has 0 radical (unpaired) electrons. The van der Waals surface area contributed by atoms with Crippen molar-refractivity contribution in [2.24, 2.45) is 5.92 Å². The Labute approximate surface area is 243 Å². The molecule has 0 atom stereocenters. The minimum Gasteiger partial charge on any atom is -0.493 e. The van der Waals surface area contributed by atoms with Gasteiger partial charge in [0.15, 0.2) is 5.76 Å². The van der Waals surface area contributed by atoms with Gasteiger partial charge in [-0.3, -0.25) is 4.79 Å². The molecule has 0 spiro atoms. The highest BCUT2D eigenvalue weighted by molar-refractivity contribution is 6.04. The standard InChI is InChI=1S/C34H31N3O5/c38-33(31-20-27-18-25(9-11-30(27)42-31)17-23-5-2-1-3-6-23)36-28-10-12-32(35-21-28)37-15-13-24(14-16-37)22-41-29-8-4-7-26(19-29)34(39)40/h1-12,18-21,24H,13-17,22H2,(H,36,38)(H,39,40). The van der Waals surface area contributed by atoms with Crippen LogP contribution in [0.15, 0.2) is 102 Å². The van der Waals surface area contributed by atoms with Gasteiger partial charge in [-0.2, -0.15) is 0 Å². The van der Waals surface area contributed by atoms with Crippen molar-refractivity contribution in [1.29, 1.82) is 0 Å². The topological polar surface area (TPSA) is 105 Å². The van der Waals surface area contributed by atoms with E-state index < -0.39 is 5.97 Å². The van der Waals surface area contributed by atoms with Crippen LogP contribution in [-0.4, -0.2) is 41.7 Å². The summed E-state index contributed by atoms with van der Waals surface area (Å²) in [5.41, 5.74) is 3.88. The molecule has 6 rings (SSSR count). The van der Waals surface area contributed by atoms with E-state index in [2.05, 4.69) is 33.4 Å². The van der Waals surface area contributed by atoms with Gasteiger partial charge in [0.25, 0.3) is 5.91 Å². The molecule has 8 nitrogen and oxygen atoms in total. The molecule has 0 bridgehead atoms. The number of amides is 1. The number of hydrogen-bond acceptors (Lipinski definition) is 6. The Hall–Kier alpha value is -5.11. The number of nitrogens with zero attached hydrogens (tertiary/aromatic N) is 2. The minimum absolute atomic E-state index is 0.221. The van der Waals surface area contributed by atoms with E-state index in [1.165, 1.54) is 5.56 Å². The summed E-state index contributed by atoms with van der Waals surface area (Å²) in [4.78, 5) is 30.9. The van der Waals surface area contributed by atoms with Crippen molar-refractivity contribution in [2.75, 3.05) is 29.9 Å². The number of carbonyl (C=O) groups excluding carboxylic acids is 1. The van der Waals surface area contributed by atoms with Crippen LogP contribution in [0.1, 0.15) is 44.9 Å². The van der Waals surface area contributed by atoms with Gasteiger partial charge < -0.3 is 24.5 Å². The van der Waals surface area contributed by atoms with Crippen LogP contribution in [0.2, 0.25) is 0 Å². The highest BCUT2D eigenvalue weighted by Crippen LogP contribution is 2.26. The second kappa shape index (κ2) is 12.2. The normalized spacial score (nSPS) is 13.7. The molecule has 1 aliphatic rings. The number of fused-ring (bicyclic) bond motifs is 1. The summed E-state index contributed by atoms with van der Waals surface area (Å²) in [6, 6.07) is 28.4. The van der Waals surface area contributed by atoms with Gasteiger partial charge in [0.2, 0.25) is 0 Å². The molecule has 2 N–H and O–H groups in total. The molecule has 2 aromatic heterocycles. The van der Waals surface area contributed by atoms with Gasteiger partial charge in [0.05, 0.1) is 24.1 Å². The number of carboxylic acid groups (broad SMARTS) is 1. The lowest BCUT2D eigenvalue weighted by Gasteiger charge is -2.32. The Morgan fingerprint density at radius 2 is 1.76 bits per heavy atom. The molecule has 0 saturated carbocycles. The number of rotatable bonds is 9. The maximum atomic E-state index is 12.9. The van der Waals surface area contributed by atoms with Crippen LogP contribution >= 0.6 is 0 Å². The molecule has 0 unspecified atom stereocenters. The lowest BCUT2D eigenvalue weighted by atomic mass is 9.98. The number of aromatic nitrogens is 1. The predicted octanol–water partition coefficient (Wildman–Crippen LogP) is 6.66. The van der Waals surface area contributed by atoms with Crippen LogP contribution in [0.3, 0.4) is 0 Å². The monoisotopic (exact) mass is 561 g/mol. The summed E-state index contributed by atoms with van der Waals surface area (Å²) in [7, 11) is 0. The van der Waals surface area contributed by atoms with Crippen molar-refractivity contribution in [3.05, 3.63) is 120 Å². The molecule has 1 fully saturated rings. The third-order valence-electron chi connectivity index (χ3n) is 7.57. The van der Waals surface area contributed by atoms with Crippen LogP contribution in [0.25, 0.3) is 11.0 Å². The molecule has 8 heteroatoms. The Bertz CT molecular complexity index is 1690. The zero-order valence-electron chi connectivity index (χ0n) is 23.0. The molecular formula is C34H31N3O5. The van der Waals surface area contributed by atoms with E-state index in [9.17, 15) is 9.59 Å². The van der Waals surface area contributed by atoms with Crippen LogP contribution in [0.4, 0.5) is 11.5 Å². The summed E-state index contributed by atoms with van der Waals surface area (Å²) in [5.74, 6) is 0.787. The fourth-order valence-electron chi connectivity index (χ4n) is 5.25. The third kappa shape index (κ3) is 6.44. The second-order valence-electron chi connectivity index (χ2n) is 10.6. The van der Waals surface area contributed by atoms with E-state index in [0.29, 0.717) is 29.5 Å². The number of carbonyl (C=O) groups is 2. The number of benzene rings is 3. The van der Waals surface area contributed by atoms with Crippen LogP contribution in [0.5, 0.6) is 5.75 Å². The molecule has 0 aliphatic carbocycles. The zero-order chi connectivity index (χ0) is 28.9. The zero-order valence-corrected chi connectivity index (χ0v) is 23.0. The SMILES string of the molecule is O=C(O)c1cccc(OCC2CCN(c3ccc(NC(=O)c4cc5cc(Cc6ccccc6)ccc5o4)cn3)CC2)c1. The van der Waals surface area contributed by atoms with Crippen molar-refractivity contribution in [3.63, 3.8) is 0 Å². The first-order valence-electron chi connectivity index (χ1n) is 14.0. The van der Waals surface area contributed by atoms with Crippen LogP contribution in [0, 0.1) is 5.92 Å². The Kier molecular flexibility index (Phi) is 7.85. The molecular weight excluding hydrogens is 530 g/mol. The van der Waals surface area contributed by atoms with Crippen molar-refractivity contribution in [1.82, 2.24) is 4.98 Å². The summed E-state index contributed by atoms with van der Waals surface area (Å²) < 4.78 is 11.7. The molecule has 1 amide bonds. The van der Waals surface area contributed by atoms with E-state index >= 15 is 0 Å². The molecule has 3 aromatic carbocycles. The van der Waals surface area contributed by atoms with Gasteiger partial charge in [-0.1, -0.05) is 42.5 Å². The van der Waals surface area contributed by atoms with Gasteiger partial charge in [-0.25, -0.2) is 9.78 Å². The van der Waals surface area contributed by atoms with Crippen LogP contribution < -0.4 is 15.0 Å². The molecule has 212 valence electrons. The average Bonchev–Trinajstić information content (AvgIpc) is 3.45. The van der Waals surface area contributed by atoms with E-state index in [4.69, 9.17) is 14.3 Å². The smallest absolute Gasteiger partial charge is 0.335 e. The number of nitrogens with one attached hydrogen (secondary N) is 1. The Morgan fingerprint density at radius 1 is 0.929 bits per heavy atom. The number of furan rings is 1. The highest BCUT2D eigenvalue weighted by atomic mass is 16.5. The number of hydrogen-bond donors (Lipinski definition) is 2. The molecule has 42 heavy (non-hydrogen) atoms. The highest BCUT2D eigenvalue weighted by Gasteiger charge is 2.21. The van der Waals surface area contributed by atoms with Crippen LogP contribution in [-0.2, 0) is 6.42 Å². The maximum Gasteiger partial charge on any atom is 0.335 e. The number of piperidine rings is 1. The number of anilines is 2. The molecule has 5 aromatic rings. The van der Waals surface area contributed by atoms with Gasteiger partial charge in [0, 0.05) is 18.5 Å². The second-order valence-corrected chi connectivity index (χ2v) is 10.6. The van der Waals surface area contributed by atoms with Crippen molar-refractivity contribution >= 4 is 34.4 Å². The van der Waals surface area contributed by atoms with E-state index in [1.54, 1.807) is 36.5 Å². The van der Waals surface area contributed by atoms with E-state index in [1.807, 2.05) is 42.5 Å². The predicted molar refractivity (Wildman–Crippen MR) is 161 cm³/mol. The van der Waals surface area contributed by atoms with Crippen molar-refractivity contribution in [2.45, 2.75) is 19.3 Å². The first-order chi connectivity index (χ1) is 20.5. The molecule has 3 heterocycles. The quantitative estimate of drug-likeness (QED) is 0.207. The number of aromatic carboxylic acids is 1. The lowest BCUT2D eigenvalue weighted by Crippen LogP contribution is -2.36. The summed E-state index contributed by atoms with van der Waals surface area (Å²) >= 11 is 0.